The Kier molecular flexibility index (Phi) is 3.97. The molecular weight excluding hydrogens is 348 g/mol. The van der Waals surface area contributed by atoms with Crippen LogP contribution >= 0.6 is 23.4 Å². The van der Waals surface area contributed by atoms with E-state index in [9.17, 15) is 0 Å². The molecule has 4 rings (SSSR count). The van der Waals surface area contributed by atoms with Crippen LogP contribution in [0.15, 0.2) is 23.4 Å². The first-order valence-corrected chi connectivity index (χ1v) is 8.88. The van der Waals surface area contributed by atoms with Crippen molar-refractivity contribution < 1.29 is 9.47 Å². The van der Waals surface area contributed by atoms with Gasteiger partial charge in [0.1, 0.15) is 13.2 Å². The summed E-state index contributed by atoms with van der Waals surface area (Å²) in [5.41, 5.74) is 2.98. The number of rotatable bonds is 3. The Balaban J connectivity index is 1.57. The predicted molar refractivity (Wildman–Crippen MR) is 92.3 cm³/mol. The van der Waals surface area contributed by atoms with Crippen LogP contribution in [0.25, 0.3) is 5.78 Å². The zero-order chi connectivity index (χ0) is 16.7. The molecule has 0 unspecified atom stereocenters. The van der Waals surface area contributed by atoms with Crippen molar-refractivity contribution in [2.75, 3.05) is 13.2 Å². The monoisotopic (exact) mass is 362 g/mol. The molecule has 1 aliphatic heterocycles. The van der Waals surface area contributed by atoms with Crippen molar-refractivity contribution in [1.82, 2.24) is 19.6 Å². The number of halogens is 1. The van der Waals surface area contributed by atoms with Gasteiger partial charge in [-0.15, -0.1) is 5.10 Å². The second-order valence-electron chi connectivity index (χ2n) is 5.54. The minimum atomic E-state index is 0.526. The normalized spacial score (nSPS) is 13.5. The summed E-state index contributed by atoms with van der Waals surface area (Å²) in [6, 6.07) is 5.83. The van der Waals surface area contributed by atoms with E-state index in [2.05, 4.69) is 15.1 Å². The lowest BCUT2D eigenvalue weighted by molar-refractivity contribution is 0.171. The Morgan fingerprint density at radius 2 is 2.00 bits per heavy atom. The Morgan fingerprint density at radius 3 is 2.88 bits per heavy atom. The Hall–Kier alpha value is -1.99. The molecule has 24 heavy (non-hydrogen) atoms. The molecule has 0 spiro atoms. The summed E-state index contributed by atoms with van der Waals surface area (Å²) in [6.45, 7) is 5.01. The Bertz CT molecular complexity index is 928. The van der Waals surface area contributed by atoms with Gasteiger partial charge in [-0.1, -0.05) is 23.4 Å². The number of fused-ring (bicyclic) bond motifs is 2. The van der Waals surface area contributed by atoms with Gasteiger partial charge in [0, 0.05) is 17.1 Å². The smallest absolute Gasteiger partial charge is 0.253 e. The largest absolute Gasteiger partial charge is 0.486 e. The Labute approximate surface area is 148 Å². The molecule has 2 aromatic heterocycles. The maximum Gasteiger partial charge on any atom is 0.253 e. The molecule has 0 N–H and O–H groups in total. The topological polar surface area (TPSA) is 61.5 Å². The number of nitrogens with zero attached hydrogens (tertiary/aromatic N) is 4. The molecule has 3 aromatic rings. The molecule has 124 valence electrons. The highest BCUT2D eigenvalue weighted by molar-refractivity contribution is 7.98. The molecule has 0 atom stereocenters. The summed E-state index contributed by atoms with van der Waals surface area (Å²) in [4.78, 5) is 8.88. The van der Waals surface area contributed by atoms with Gasteiger partial charge >= 0.3 is 0 Å². The maximum absolute atomic E-state index is 6.27. The highest BCUT2D eigenvalue weighted by Gasteiger charge is 2.17. The van der Waals surface area contributed by atoms with Gasteiger partial charge in [0.15, 0.2) is 11.5 Å². The summed E-state index contributed by atoms with van der Waals surface area (Å²) >= 11 is 7.81. The lowest BCUT2D eigenvalue weighted by Crippen LogP contribution is -2.15. The first-order valence-electron chi connectivity index (χ1n) is 7.52. The number of aryl methyl sites for hydroxylation is 2. The zero-order valence-corrected chi connectivity index (χ0v) is 14.8. The average Bonchev–Trinajstić information content (AvgIpc) is 2.96. The van der Waals surface area contributed by atoms with Gasteiger partial charge in [-0.25, -0.2) is 9.50 Å². The van der Waals surface area contributed by atoms with E-state index in [1.807, 2.05) is 32.0 Å². The van der Waals surface area contributed by atoms with E-state index in [0.717, 1.165) is 17.0 Å². The van der Waals surface area contributed by atoms with Gasteiger partial charge in [-0.2, -0.15) is 4.98 Å². The van der Waals surface area contributed by atoms with Crippen LogP contribution in [-0.2, 0) is 5.75 Å². The summed E-state index contributed by atoms with van der Waals surface area (Å²) < 4.78 is 12.9. The lowest BCUT2D eigenvalue weighted by atomic mass is 10.2. The third kappa shape index (κ3) is 2.89. The fraction of sp³-hybridized carbons (Fsp3) is 0.312. The van der Waals surface area contributed by atoms with Gasteiger partial charge < -0.3 is 9.47 Å². The third-order valence-corrected chi connectivity index (χ3v) is 4.81. The van der Waals surface area contributed by atoms with Crippen LogP contribution in [0, 0.1) is 13.8 Å². The van der Waals surface area contributed by atoms with E-state index in [1.165, 1.54) is 11.8 Å². The van der Waals surface area contributed by atoms with Gasteiger partial charge in [0.25, 0.3) is 5.78 Å². The van der Waals surface area contributed by atoms with Crippen molar-refractivity contribution in [2.45, 2.75) is 24.8 Å². The van der Waals surface area contributed by atoms with E-state index in [0.29, 0.717) is 46.4 Å². The second-order valence-corrected chi connectivity index (χ2v) is 6.89. The summed E-state index contributed by atoms with van der Waals surface area (Å²) in [5.74, 6) is 2.62. The minimum absolute atomic E-state index is 0.526. The molecule has 0 saturated carbocycles. The van der Waals surface area contributed by atoms with Gasteiger partial charge in [0.2, 0.25) is 5.16 Å². The SMILES string of the molecule is Cc1cc(C)n2nc(SCc3cc(Cl)c4c(c3)OCCO4)nc2n1. The van der Waals surface area contributed by atoms with Crippen LogP contribution in [0.5, 0.6) is 11.5 Å². The molecule has 3 heterocycles. The molecule has 0 radical (unpaired) electrons. The molecule has 0 amide bonds. The number of thioether (sulfide) groups is 1. The van der Waals surface area contributed by atoms with E-state index in [1.54, 1.807) is 4.52 Å². The van der Waals surface area contributed by atoms with Crippen LogP contribution in [0.1, 0.15) is 17.0 Å². The van der Waals surface area contributed by atoms with E-state index < -0.39 is 0 Å². The quantitative estimate of drug-likeness (QED) is 0.665. The first kappa shape index (κ1) is 15.5. The summed E-state index contributed by atoms with van der Waals surface area (Å²) in [6.07, 6.45) is 0. The van der Waals surface area contributed by atoms with Crippen LogP contribution in [-0.4, -0.2) is 32.8 Å². The van der Waals surface area contributed by atoms with Crippen molar-refractivity contribution in [2.24, 2.45) is 0 Å². The predicted octanol–water partition coefficient (Wildman–Crippen LogP) is 3.46. The fourth-order valence-electron chi connectivity index (χ4n) is 2.60. The van der Waals surface area contributed by atoms with Crippen LogP contribution in [0.2, 0.25) is 5.02 Å². The summed E-state index contributed by atoms with van der Waals surface area (Å²) in [7, 11) is 0. The van der Waals surface area contributed by atoms with Crippen molar-refractivity contribution in [3.63, 3.8) is 0 Å². The van der Waals surface area contributed by atoms with Crippen molar-refractivity contribution in [3.8, 4) is 11.5 Å². The molecular formula is C16H15ClN4O2S. The molecule has 0 saturated heterocycles. The van der Waals surface area contributed by atoms with Crippen LogP contribution in [0.4, 0.5) is 0 Å². The van der Waals surface area contributed by atoms with E-state index in [-0.39, 0.29) is 0 Å². The highest BCUT2D eigenvalue weighted by Crippen LogP contribution is 2.39. The number of benzene rings is 1. The maximum atomic E-state index is 6.27. The average molecular weight is 363 g/mol. The van der Waals surface area contributed by atoms with Crippen LogP contribution in [0.3, 0.4) is 0 Å². The van der Waals surface area contributed by atoms with E-state index in [4.69, 9.17) is 21.1 Å². The molecule has 0 bridgehead atoms. The van der Waals surface area contributed by atoms with Crippen molar-refractivity contribution >= 4 is 29.1 Å². The molecule has 1 aromatic carbocycles. The molecule has 0 fully saturated rings. The first-order chi connectivity index (χ1) is 11.6. The van der Waals surface area contributed by atoms with Gasteiger partial charge in [0.05, 0.1) is 5.02 Å². The number of hydrogen-bond acceptors (Lipinski definition) is 6. The number of ether oxygens (including phenoxy) is 2. The highest BCUT2D eigenvalue weighted by atomic mass is 35.5. The third-order valence-electron chi connectivity index (χ3n) is 3.62. The molecule has 8 heteroatoms. The standard InChI is InChI=1S/C16H15ClN4O2S/c1-9-5-10(2)21-15(18-9)19-16(20-21)24-8-11-6-12(17)14-13(7-11)22-3-4-23-14/h5-7H,3-4,8H2,1-2H3. The zero-order valence-electron chi connectivity index (χ0n) is 13.2. The van der Waals surface area contributed by atoms with Gasteiger partial charge in [-0.3, -0.25) is 0 Å². The summed E-state index contributed by atoms with van der Waals surface area (Å²) in [5, 5.41) is 5.75. The minimum Gasteiger partial charge on any atom is -0.486 e. The van der Waals surface area contributed by atoms with Crippen molar-refractivity contribution in [1.29, 1.82) is 0 Å². The molecule has 6 nitrogen and oxygen atoms in total. The molecule has 1 aliphatic rings. The number of aromatic nitrogens is 4. The van der Waals surface area contributed by atoms with Crippen LogP contribution < -0.4 is 9.47 Å². The second kappa shape index (κ2) is 6.14. The number of hydrogen-bond donors (Lipinski definition) is 0. The Morgan fingerprint density at radius 1 is 1.17 bits per heavy atom. The lowest BCUT2D eigenvalue weighted by Gasteiger charge is -2.20. The molecule has 0 aliphatic carbocycles. The van der Waals surface area contributed by atoms with E-state index >= 15 is 0 Å². The van der Waals surface area contributed by atoms with Crippen molar-refractivity contribution in [3.05, 3.63) is 40.2 Å². The fourth-order valence-corrected chi connectivity index (χ4v) is 3.64. The van der Waals surface area contributed by atoms with Gasteiger partial charge in [-0.05, 0) is 37.6 Å².